The van der Waals surface area contributed by atoms with Crippen molar-refractivity contribution in [2.45, 2.75) is 86.0 Å². The Morgan fingerprint density at radius 1 is 1.25 bits per heavy atom. The predicted octanol–water partition coefficient (Wildman–Crippen LogP) is 5.59. The molecule has 1 aromatic heterocycles. The van der Waals surface area contributed by atoms with Gasteiger partial charge in [-0.25, -0.2) is 4.79 Å². The molecule has 1 aliphatic rings. The Bertz CT molecular complexity index is 700. The van der Waals surface area contributed by atoms with Crippen LogP contribution >= 0.6 is 15.9 Å². The lowest BCUT2D eigenvalue weighted by atomic mass is 9.82. The molecule has 1 unspecified atom stereocenters. The van der Waals surface area contributed by atoms with Gasteiger partial charge < -0.3 is 14.4 Å². The van der Waals surface area contributed by atoms with Gasteiger partial charge in [-0.05, 0) is 75.7 Å². The number of rotatable bonds is 5. The summed E-state index contributed by atoms with van der Waals surface area (Å²) in [5, 5.41) is 0. The lowest BCUT2D eigenvalue weighted by Gasteiger charge is -2.40. The Morgan fingerprint density at radius 3 is 2.32 bits per heavy atom. The molecule has 1 saturated heterocycles. The van der Waals surface area contributed by atoms with E-state index in [-0.39, 0.29) is 12.1 Å². The normalized spacial score (nSPS) is 18.3. The zero-order chi connectivity index (χ0) is 21.3. The zero-order valence-electron chi connectivity index (χ0n) is 18.6. The number of esters is 1. The molecular weight excluding hydrogens is 420 g/mol. The van der Waals surface area contributed by atoms with Gasteiger partial charge in [0.2, 0.25) is 0 Å². The van der Waals surface area contributed by atoms with Crippen LogP contribution in [0.4, 0.5) is 5.69 Å². The average molecular weight is 455 g/mol. The number of hydrogen-bond donors (Lipinski definition) is 0. The summed E-state index contributed by atoms with van der Waals surface area (Å²) in [6.07, 6.45) is 2.98. The first-order chi connectivity index (χ1) is 12.8. The van der Waals surface area contributed by atoms with Crippen LogP contribution in [-0.2, 0) is 14.3 Å². The fraction of sp³-hybridized carbons (Fsp3) is 0.727. The van der Waals surface area contributed by atoms with E-state index in [1.54, 1.807) is 0 Å². The number of ether oxygens (including phenoxy) is 2. The Labute approximate surface area is 178 Å². The second-order valence-corrected chi connectivity index (χ2v) is 10.6. The molecular formula is C22H35BrN2O3. The Kier molecular flexibility index (Phi) is 7.19. The lowest BCUT2D eigenvalue weighted by molar-refractivity contribution is -0.171. The fourth-order valence-electron chi connectivity index (χ4n) is 3.43. The summed E-state index contributed by atoms with van der Waals surface area (Å²) in [6.45, 7) is 18.0. The van der Waals surface area contributed by atoms with E-state index in [4.69, 9.17) is 9.47 Å². The van der Waals surface area contributed by atoms with Crippen molar-refractivity contribution in [1.29, 1.82) is 0 Å². The molecule has 2 rings (SSSR count). The number of pyridine rings is 1. The van der Waals surface area contributed by atoms with Gasteiger partial charge in [0.15, 0.2) is 6.10 Å². The van der Waals surface area contributed by atoms with Gasteiger partial charge in [0.1, 0.15) is 0 Å². The van der Waals surface area contributed by atoms with Crippen LogP contribution in [0.2, 0.25) is 0 Å². The van der Waals surface area contributed by atoms with Crippen LogP contribution in [0.3, 0.4) is 0 Å². The van der Waals surface area contributed by atoms with E-state index >= 15 is 0 Å². The SMILES string of the molecule is Cc1ncc(Br)c(N2CCC(C)(C)CC2)c1C(OC(C)(C)C)C(=O)OC(C)C. The van der Waals surface area contributed by atoms with Gasteiger partial charge in [0.05, 0.1) is 21.9 Å². The number of carbonyl (C=O) groups is 1. The van der Waals surface area contributed by atoms with Crippen molar-refractivity contribution in [3.8, 4) is 0 Å². The van der Waals surface area contributed by atoms with Crippen molar-refractivity contribution >= 4 is 27.6 Å². The van der Waals surface area contributed by atoms with E-state index in [0.717, 1.165) is 47.3 Å². The molecule has 1 aromatic rings. The molecule has 2 heterocycles. The number of hydrogen-bond acceptors (Lipinski definition) is 5. The Hall–Kier alpha value is -1.14. The Morgan fingerprint density at radius 2 is 1.82 bits per heavy atom. The van der Waals surface area contributed by atoms with Crippen LogP contribution in [0.5, 0.6) is 0 Å². The summed E-state index contributed by atoms with van der Waals surface area (Å²) < 4.78 is 12.7. The van der Waals surface area contributed by atoms with E-state index in [0.29, 0.717) is 5.41 Å². The molecule has 1 atom stereocenters. The van der Waals surface area contributed by atoms with Crippen molar-refractivity contribution in [3.63, 3.8) is 0 Å². The molecule has 6 heteroatoms. The predicted molar refractivity (Wildman–Crippen MR) is 117 cm³/mol. The Balaban J connectivity index is 2.53. The van der Waals surface area contributed by atoms with Crippen LogP contribution in [0, 0.1) is 12.3 Å². The smallest absolute Gasteiger partial charge is 0.340 e. The minimum Gasteiger partial charge on any atom is -0.461 e. The summed E-state index contributed by atoms with van der Waals surface area (Å²) in [7, 11) is 0. The third-order valence-corrected chi connectivity index (χ3v) is 5.56. The zero-order valence-corrected chi connectivity index (χ0v) is 20.1. The minimum atomic E-state index is -0.822. The number of aryl methyl sites for hydroxylation is 1. The highest BCUT2D eigenvalue weighted by atomic mass is 79.9. The van der Waals surface area contributed by atoms with Crippen molar-refractivity contribution in [2.75, 3.05) is 18.0 Å². The maximum Gasteiger partial charge on any atom is 0.340 e. The molecule has 0 aromatic carbocycles. The first kappa shape index (κ1) is 23.1. The molecule has 0 amide bonds. The van der Waals surface area contributed by atoms with Crippen LogP contribution in [0.25, 0.3) is 0 Å². The number of piperidine rings is 1. The van der Waals surface area contributed by atoms with E-state index in [1.165, 1.54) is 0 Å². The van der Waals surface area contributed by atoms with Gasteiger partial charge in [0, 0.05) is 30.5 Å². The first-order valence-electron chi connectivity index (χ1n) is 10.1. The minimum absolute atomic E-state index is 0.210. The molecule has 0 spiro atoms. The molecule has 0 N–H and O–H groups in total. The van der Waals surface area contributed by atoms with E-state index in [9.17, 15) is 4.79 Å². The molecule has 0 saturated carbocycles. The topological polar surface area (TPSA) is 51.7 Å². The van der Waals surface area contributed by atoms with E-state index < -0.39 is 11.7 Å². The first-order valence-corrected chi connectivity index (χ1v) is 10.9. The molecule has 158 valence electrons. The molecule has 0 radical (unpaired) electrons. The number of aromatic nitrogens is 1. The van der Waals surface area contributed by atoms with Crippen molar-refractivity contribution in [1.82, 2.24) is 4.98 Å². The molecule has 5 nitrogen and oxygen atoms in total. The maximum absolute atomic E-state index is 13.0. The summed E-state index contributed by atoms with van der Waals surface area (Å²) >= 11 is 3.68. The van der Waals surface area contributed by atoms with Gasteiger partial charge in [-0.1, -0.05) is 13.8 Å². The molecule has 1 aliphatic heterocycles. The van der Waals surface area contributed by atoms with E-state index in [1.807, 2.05) is 47.7 Å². The van der Waals surface area contributed by atoms with Crippen LogP contribution < -0.4 is 4.90 Å². The van der Waals surface area contributed by atoms with Gasteiger partial charge in [0.25, 0.3) is 0 Å². The van der Waals surface area contributed by atoms with Crippen LogP contribution in [0.15, 0.2) is 10.7 Å². The third-order valence-electron chi connectivity index (χ3n) is 4.98. The van der Waals surface area contributed by atoms with Crippen molar-refractivity contribution < 1.29 is 14.3 Å². The standard InChI is InChI=1S/C22H35BrN2O3/c1-14(2)27-20(26)19(28-21(4,5)6)17-15(3)24-13-16(23)18(17)25-11-9-22(7,8)10-12-25/h13-14,19H,9-12H2,1-8H3. The lowest BCUT2D eigenvalue weighted by Crippen LogP contribution is -2.39. The van der Waals surface area contributed by atoms with Gasteiger partial charge in [-0.15, -0.1) is 0 Å². The number of halogens is 1. The van der Waals surface area contributed by atoms with Crippen molar-refractivity contribution in [2.24, 2.45) is 5.41 Å². The molecule has 1 fully saturated rings. The highest BCUT2D eigenvalue weighted by Gasteiger charge is 2.36. The molecule has 0 bridgehead atoms. The highest BCUT2D eigenvalue weighted by molar-refractivity contribution is 9.10. The van der Waals surface area contributed by atoms with E-state index in [2.05, 4.69) is 39.7 Å². The average Bonchev–Trinajstić information content (AvgIpc) is 2.54. The maximum atomic E-state index is 13.0. The highest BCUT2D eigenvalue weighted by Crippen LogP contribution is 2.42. The number of anilines is 1. The second-order valence-electron chi connectivity index (χ2n) is 9.70. The quantitative estimate of drug-likeness (QED) is 0.542. The van der Waals surface area contributed by atoms with Gasteiger partial charge in [-0.3, -0.25) is 4.98 Å². The third kappa shape index (κ3) is 5.93. The summed E-state index contributed by atoms with van der Waals surface area (Å²) in [5.41, 5.74) is 2.42. The van der Waals surface area contributed by atoms with Gasteiger partial charge in [-0.2, -0.15) is 0 Å². The molecule has 28 heavy (non-hydrogen) atoms. The molecule has 0 aliphatic carbocycles. The number of nitrogens with zero attached hydrogens (tertiary/aromatic N) is 2. The fourth-order valence-corrected chi connectivity index (χ4v) is 3.99. The summed E-state index contributed by atoms with van der Waals surface area (Å²) in [4.78, 5) is 19.9. The van der Waals surface area contributed by atoms with Gasteiger partial charge >= 0.3 is 5.97 Å². The summed E-state index contributed by atoms with van der Waals surface area (Å²) in [6, 6.07) is 0. The number of carbonyl (C=O) groups excluding carboxylic acids is 1. The van der Waals surface area contributed by atoms with Crippen LogP contribution in [0.1, 0.15) is 78.7 Å². The second kappa shape index (κ2) is 8.70. The van der Waals surface area contributed by atoms with Crippen molar-refractivity contribution in [3.05, 3.63) is 21.9 Å². The van der Waals surface area contributed by atoms with Crippen LogP contribution in [-0.4, -0.2) is 35.7 Å². The summed E-state index contributed by atoms with van der Waals surface area (Å²) in [5.74, 6) is -0.369. The monoisotopic (exact) mass is 454 g/mol. The largest absolute Gasteiger partial charge is 0.461 e.